The molecule has 0 atom stereocenters. The topological polar surface area (TPSA) is 56.7 Å². The molecule has 5 nitrogen and oxygen atoms in total. The molecule has 6 aromatic carbocycles. The standard InChI is InChI=1S/C40H26N4O/c1-25-15-21-36-32(23-25)33-24-29(20-22-37(33)45-36)39-41-38(28-18-16-27(17-19-28)26-9-3-2-4-10-26)42-40(43-39)44-34-13-7-5-11-30(34)31-12-6-8-14-35(31)44/h2-24H,1H3. The van der Waals surface area contributed by atoms with Gasteiger partial charge in [-0.05, 0) is 60.5 Å². The van der Waals surface area contributed by atoms with Crippen LogP contribution in [0.1, 0.15) is 5.56 Å². The van der Waals surface area contributed by atoms with Gasteiger partial charge >= 0.3 is 0 Å². The average molecular weight is 579 g/mol. The van der Waals surface area contributed by atoms with Crippen LogP contribution in [-0.2, 0) is 0 Å². The summed E-state index contributed by atoms with van der Waals surface area (Å²) in [5.74, 6) is 1.80. The Morgan fingerprint density at radius 3 is 1.69 bits per heavy atom. The lowest BCUT2D eigenvalue weighted by Gasteiger charge is -2.11. The molecule has 45 heavy (non-hydrogen) atoms. The van der Waals surface area contributed by atoms with E-state index in [4.69, 9.17) is 19.4 Å². The van der Waals surface area contributed by atoms with Crippen molar-refractivity contribution in [2.75, 3.05) is 0 Å². The number of aromatic nitrogens is 4. The van der Waals surface area contributed by atoms with Crippen LogP contribution >= 0.6 is 0 Å². The van der Waals surface area contributed by atoms with Crippen LogP contribution in [0.15, 0.2) is 144 Å². The molecule has 0 radical (unpaired) electrons. The van der Waals surface area contributed by atoms with E-state index in [1.165, 1.54) is 11.1 Å². The number of furan rings is 1. The molecule has 0 amide bonds. The van der Waals surface area contributed by atoms with Crippen molar-refractivity contribution in [2.45, 2.75) is 6.92 Å². The van der Waals surface area contributed by atoms with Gasteiger partial charge in [0.2, 0.25) is 5.95 Å². The lowest BCUT2D eigenvalue weighted by Crippen LogP contribution is -2.06. The van der Waals surface area contributed by atoms with Crippen molar-refractivity contribution in [3.63, 3.8) is 0 Å². The minimum atomic E-state index is 0.576. The maximum atomic E-state index is 6.16. The third kappa shape index (κ3) is 4.20. The van der Waals surface area contributed by atoms with Crippen LogP contribution in [0.4, 0.5) is 0 Å². The lowest BCUT2D eigenvalue weighted by molar-refractivity contribution is 0.669. The molecule has 0 fully saturated rings. The Labute approximate surface area is 259 Å². The molecule has 9 rings (SSSR count). The number of fused-ring (bicyclic) bond motifs is 6. The minimum absolute atomic E-state index is 0.576. The first-order valence-corrected chi connectivity index (χ1v) is 15.0. The number of rotatable bonds is 4. The zero-order valence-corrected chi connectivity index (χ0v) is 24.5. The van der Waals surface area contributed by atoms with Gasteiger partial charge in [-0.25, -0.2) is 4.98 Å². The highest BCUT2D eigenvalue weighted by molar-refractivity contribution is 6.09. The van der Waals surface area contributed by atoms with Gasteiger partial charge in [0.1, 0.15) is 11.2 Å². The summed E-state index contributed by atoms with van der Waals surface area (Å²) in [4.78, 5) is 15.3. The van der Waals surface area contributed by atoms with Crippen LogP contribution in [0.3, 0.4) is 0 Å². The number of benzene rings is 6. The molecule has 3 aromatic heterocycles. The fourth-order valence-electron chi connectivity index (χ4n) is 6.33. The zero-order valence-electron chi connectivity index (χ0n) is 24.5. The fraction of sp³-hybridized carbons (Fsp3) is 0.0250. The van der Waals surface area contributed by atoms with E-state index < -0.39 is 0 Å². The van der Waals surface area contributed by atoms with Crippen LogP contribution in [-0.4, -0.2) is 19.5 Å². The van der Waals surface area contributed by atoms with Gasteiger partial charge in [0.05, 0.1) is 11.0 Å². The zero-order chi connectivity index (χ0) is 29.9. The molecule has 5 heteroatoms. The van der Waals surface area contributed by atoms with Gasteiger partial charge < -0.3 is 4.42 Å². The van der Waals surface area contributed by atoms with Crippen LogP contribution < -0.4 is 0 Å². The number of para-hydroxylation sites is 2. The van der Waals surface area contributed by atoms with E-state index in [1.807, 2.05) is 24.3 Å². The average Bonchev–Trinajstić information content (AvgIpc) is 3.63. The molecule has 0 aliphatic heterocycles. The molecule has 0 aliphatic rings. The molecule has 3 heterocycles. The monoisotopic (exact) mass is 578 g/mol. The third-order valence-corrected chi connectivity index (χ3v) is 8.54. The first-order valence-electron chi connectivity index (χ1n) is 15.0. The van der Waals surface area contributed by atoms with E-state index in [9.17, 15) is 0 Å². The quantitative estimate of drug-likeness (QED) is 0.208. The van der Waals surface area contributed by atoms with E-state index >= 15 is 0 Å². The summed E-state index contributed by atoms with van der Waals surface area (Å²) in [7, 11) is 0. The maximum absolute atomic E-state index is 6.16. The largest absolute Gasteiger partial charge is 0.456 e. The Kier molecular flexibility index (Phi) is 5.65. The van der Waals surface area contributed by atoms with Crippen LogP contribution in [0.2, 0.25) is 0 Å². The van der Waals surface area contributed by atoms with Gasteiger partial charge in [0.25, 0.3) is 0 Å². The molecule has 212 valence electrons. The summed E-state index contributed by atoms with van der Waals surface area (Å²) < 4.78 is 8.31. The highest BCUT2D eigenvalue weighted by Gasteiger charge is 2.18. The second kappa shape index (κ2) is 10.00. The number of hydrogen-bond acceptors (Lipinski definition) is 4. The minimum Gasteiger partial charge on any atom is -0.456 e. The molecule has 0 unspecified atom stereocenters. The van der Waals surface area contributed by atoms with Gasteiger partial charge in [-0.1, -0.05) is 103 Å². The van der Waals surface area contributed by atoms with E-state index in [2.05, 4.69) is 127 Å². The Morgan fingerprint density at radius 2 is 0.978 bits per heavy atom. The summed E-state index contributed by atoms with van der Waals surface area (Å²) in [5.41, 5.74) is 9.13. The Balaban J connectivity index is 1.28. The van der Waals surface area contributed by atoms with Crippen molar-refractivity contribution in [3.8, 4) is 39.9 Å². The van der Waals surface area contributed by atoms with E-state index in [-0.39, 0.29) is 0 Å². The molecular formula is C40H26N4O. The van der Waals surface area contributed by atoms with Gasteiger partial charge in [-0.2, -0.15) is 9.97 Å². The van der Waals surface area contributed by atoms with Crippen LogP contribution in [0.25, 0.3) is 83.6 Å². The van der Waals surface area contributed by atoms with Crippen molar-refractivity contribution in [1.82, 2.24) is 19.5 Å². The molecule has 0 N–H and O–H groups in total. The summed E-state index contributed by atoms with van der Waals surface area (Å²) >= 11 is 0. The molecule has 0 aliphatic carbocycles. The summed E-state index contributed by atoms with van der Waals surface area (Å²) in [6.45, 7) is 2.10. The van der Waals surface area contributed by atoms with E-state index in [1.54, 1.807) is 0 Å². The molecular weight excluding hydrogens is 552 g/mol. The van der Waals surface area contributed by atoms with E-state index in [0.717, 1.165) is 60.4 Å². The third-order valence-electron chi connectivity index (χ3n) is 8.54. The molecule has 0 spiro atoms. The lowest BCUT2D eigenvalue weighted by atomic mass is 10.0. The van der Waals surface area contributed by atoms with Crippen molar-refractivity contribution < 1.29 is 4.42 Å². The summed E-state index contributed by atoms with van der Waals surface area (Å²) in [5, 5.41) is 4.44. The highest BCUT2D eigenvalue weighted by Crippen LogP contribution is 2.35. The van der Waals surface area contributed by atoms with Gasteiger partial charge in [-0.3, -0.25) is 4.57 Å². The first kappa shape index (κ1) is 25.4. The predicted octanol–water partition coefficient (Wildman–Crippen LogP) is 10.2. The smallest absolute Gasteiger partial charge is 0.238 e. The van der Waals surface area contributed by atoms with Crippen molar-refractivity contribution in [1.29, 1.82) is 0 Å². The van der Waals surface area contributed by atoms with Gasteiger partial charge in [0, 0.05) is 32.7 Å². The van der Waals surface area contributed by atoms with Crippen molar-refractivity contribution in [2.24, 2.45) is 0 Å². The number of hydrogen-bond donors (Lipinski definition) is 0. The molecule has 0 saturated heterocycles. The van der Waals surface area contributed by atoms with Crippen LogP contribution in [0, 0.1) is 6.92 Å². The highest BCUT2D eigenvalue weighted by atomic mass is 16.3. The second-order valence-electron chi connectivity index (χ2n) is 11.4. The van der Waals surface area contributed by atoms with Crippen molar-refractivity contribution >= 4 is 43.7 Å². The molecule has 0 saturated carbocycles. The second-order valence-corrected chi connectivity index (χ2v) is 11.4. The Hall–Kier alpha value is -6.07. The first-order chi connectivity index (χ1) is 22.2. The van der Waals surface area contributed by atoms with E-state index in [0.29, 0.717) is 17.6 Å². The normalized spacial score (nSPS) is 11.7. The Morgan fingerprint density at radius 1 is 0.444 bits per heavy atom. The maximum Gasteiger partial charge on any atom is 0.238 e. The SMILES string of the molecule is Cc1ccc2oc3ccc(-c4nc(-c5ccc(-c6ccccc6)cc5)nc(-n5c6ccccc6c6ccccc65)n4)cc3c2c1. The number of aryl methyl sites for hydroxylation is 1. The molecule has 9 aromatic rings. The van der Waals surface area contributed by atoms with Gasteiger partial charge in [0.15, 0.2) is 11.6 Å². The number of nitrogens with zero attached hydrogens (tertiary/aromatic N) is 4. The van der Waals surface area contributed by atoms with Crippen LogP contribution in [0.5, 0.6) is 0 Å². The van der Waals surface area contributed by atoms with Gasteiger partial charge in [-0.15, -0.1) is 0 Å². The predicted molar refractivity (Wildman–Crippen MR) is 182 cm³/mol. The molecule has 0 bridgehead atoms. The Bertz CT molecular complexity index is 2490. The van der Waals surface area contributed by atoms with Crippen molar-refractivity contribution in [3.05, 3.63) is 145 Å². The summed E-state index contributed by atoms with van der Waals surface area (Å²) in [6.07, 6.45) is 0. The fourth-order valence-corrected chi connectivity index (χ4v) is 6.33. The summed E-state index contributed by atoms with van der Waals surface area (Å²) in [6, 6.07) is 48.1.